The highest BCUT2D eigenvalue weighted by Gasteiger charge is 2.26. The third-order valence-electron chi connectivity index (χ3n) is 5.69. The highest BCUT2D eigenvalue weighted by Crippen LogP contribution is 2.26. The first-order chi connectivity index (χ1) is 13.5. The molecule has 0 aliphatic carbocycles. The van der Waals surface area contributed by atoms with Crippen LogP contribution in [0, 0.1) is 19.8 Å². The summed E-state index contributed by atoms with van der Waals surface area (Å²) in [5.74, 6) is 0.573. The molecule has 1 saturated heterocycles. The Morgan fingerprint density at radius 2 is 1.93 bits per heavy atom. The minimum absolute atomic E-state index is 0.0826. The molecule has 144 valence electrons. The molecule has 4 rings (SSSR count). The summed E-state index contributed by atoms with van der Waals surface area (Å²) in [7, 11) is 1.92. The second-order valence-corrected chi connectivity index (χ2v) is 7.90. The Bertz CT molecular complexity index is 999. The fraction of sp³-hybridized carbons (Fsp3) is 0.333. The second-order valence-electron chi connectivity index (χ2n) is 7.90. The molecule has 1 atom stereocenters. The van der Waals surface area contributed by atoms with Crippen LogP contribution in [0.15, 0.2) is 54.6 Å². The Balaban J connectivity index is 1.50. The van der Waals surface area contributed by atoms with Gasteiger partial charge in [0.1, 0.15) is 0 Å². The predicted molar refractivity (Wildman–Crippen MR) is 115 cm³/mol. The fourth-order valence-corrected chi connectivity index (χ4v) is 4.23. The smallest absolute Gasteiger partial charge is 0.254 e. The van der Waals surface area contributed by atoms with E-state index in [0.717, 1.165) is 53.8 Å². The van der Waals surface area contributed by atoms with Crippen LogP contribution in [0.3, 0.4) is 0 Å². The molecular weight excluding hydrogens is 346 g/mol. The number of benzene rings is 2. The lowest BCUT2D eigenvalue weighted by molar-refractivity contribution is 0.0778. The van der Waals surface area contributed by atoms with Crippen molar-refractivity contribution in [3.05, 3.63) is 71.4 Å². The maximum atomic E-state index is 13.2. The summed E-state index contributed by atoms with van der Waals surface area (Å²) >= 11 is 0. The van der Waals surface area contributed by atoms with E-state index in [0.29, 0.717) is 5.92 Å². The van der Waals surface area contributed by atoms with E-state index in [9.17, 15) is 4.79 Å². The second kappa shape index (κ2) is 7.63. The highest BCUT2D eigenvalue weighted by atomic mass is 16.2. The molecule has 1 aliphatic rings. The average Bonchev–Trinajstić information content (AvgIpc) is 3.17. The van der Waals surface area contributed by atoms with Crippen molar-refractivity contribution in [2.75, 3.05) is 31.6 Å². The summed E-state index contributed by atoms with van der Waals surface area (Å²) in [6.07, 6.45) is 1.11. The number of pyridine rings is 1. The number of rotatable bonds is 4. The van der Waals surface area contributed by atoms with E-state index < -0.39 is 0 Å². The first-order valence-electron chi connectivity index (χ1n) is 9.95. The average molecular weight is 374 g/mol. The third-order valence-corrected chi connectivity index (χ3v) is 5.69. The van der Waals surface area contributed by atoms with E-state index >= 15 is 0 Å². The van der Waals surface area contributed by atoms with Crippen LogP contribution in [0.2, 0.25) is 0 Å². The zero-order valence-electron chi connectivity index (χ0n) is 16.9. The molecule has 0 spiro atoms. The molecule has 0 N–H and O–H groups in total. The van der Waals surface area contributed by atoms with E-state index in [2.05, 4.69) is 34.1 Å². The monoisotopic (exact) mass is 373 g/mol. The third kappa shape index (κ3) is 3.59. The van der Waals surface area contributed by atoms with Gasteiger partial charge in [-0.3, -0.25) is 9.78 Å². The number of carbonyl (C=O) groups excluding carboxylic acids is 1. The van der Waals surface area contributed by atoms with Crippen molar-refractivity contribution in [1.82, 2.24) is 9.88 Å². The van der Waals surface area contributed by atoms with E-state index in [1.165, 1.54) is 5.69 Å². The molecule has 0 bridgehead atoms. The first-order valence-corrected chi connectivity index (χ1v) is 9.95. The Labute approximate surface area is 166 Å². The Hall–Kier alpha value is -2.88. The van der Waals surface area contributed by atoms with Crippen LogP contribution in [0.1, 0.15) is 28.0 Å². The van der Waals surface area contributed by atoms with E-state index in [1.807, 2.05) is 56.1 Å². The number of amides is 1. The van der Waals surface area contributed by atoms with Gasteiger partial charge in [0.05, 0.1) is 11.1 Å². The Kier molecular flexibility index (Phi) is 5.03. The molecule has 1 fully saturated rings. The van der Waals surface area contributed by atoms with Gasteiger partial charge in [0.25, 0.3) is 5.91 Å². The molecule has 4 nitrogen and oxygen atoms in total. The van der Waals surface area contributed by atoms with Crippen LogP contribution >= 0.6 is 0 Å². The van der Waals surface area contributed by atoms with Gasteiger partial charge >= 0.3 is 0 Å². The number of anilines is 1. The molecule has 2 aromatic carbocycles. The van der Waals surface area contributed by atoms with Crippen molar-refractivity contribution in [2.24, 2.45) is 5.92 Å². The van der Waals surface area contributed by atoms with Gasteiger partial charge in [-0.15, -0.1) is 0 Å². The SMILES string of the molecule is Cc1cc(C(=O)N(C)C[C@H]2CCN(c3ccccc3)C2)c2cccc(C)c2n1. The van der Waals surface area contributed by atoms with Gasteiger partial charge in [-0.2, -0.15) is 0 Å². The number of aromatic nitrogens is 1. The molecule has 1 aliphatic heterocycles. The molecule has 1 aromatic heterocycles. The largest absolute Gasteiger partial charge is 0.371 e. The maximum Gasteiger partial charge on any atom is 0.254 e. The van der Waals surface area contributed by atoms with Gasteiger partial charge in [0.2, 0.25) is 0 Å². The predicted octanol–water partition coefficient (Wildman–Crippen LogP) is 4.45. The molecule has 3 aromatic rings. The number of hydrogen-bond donors (Lipinski definition) is 0. The number of aryl methyl sites for hydroxylation is 2. The Morgan fingerprint density at radius 1 is 1.14 bits per heavy atom. The van der Waals surface area contributed by atoms with Crippen LogP contribution < -0.4 is 4.90 Å². The minimum atomic E-state index is 0.0826. The molecular formula is C24H27N3O. The minimum Gasteiger partial charge on any atom is -0.371 e. The molecule has 2 heterocycles. The molecule has 4 heteroatoms. The normalized spacial score (nSPS) is 16.5. The van der Waals surface area contributed by atoms with Gasteiger partial charge < -0.3 is 9.80 Å². The lowest BCUT2D eigenvalue weighted by Gasteiger charge is -2.23. The number of nitrogens with zero attached hydrogens (tertiary/aromatic N) is 3. The van der Waals surface area contributed by atoms with Crippen molar-refractivity contribution in [3.8, 4) is 0 Å². The van der Waals surface area contributed by atoms with Crippen molar-refractivity contribution < 1.29 is 4.79 Å². The van der Waals surface area contributed by atoms with Gasteiger partial charge in [-0.05, 0) is 49.9 Å². The molecule has 1 amide bonds. The number of hydrogen-bond acceptors (Lipinski definition) is 3. The van der Waals surface area contributed by atoms with E-state index in [-0.39, 0.29) is 5.91 Å². The summed E-state index contributed by atoms with van der Waals surface area (Å²) < 4.78 is 0. The van der Waals surface area contributed by atoms with Gasteiger partial charge in [0, 0.05) is 43.4 Å². The number of carbonyl (C=O) groups is 1. The highest BCUT2D eigenvalue weighted by molar-refractivity contribution is 6.06. The first kappa shape index (κ1) is 18.5. The molecule has 0 saturated carbocycles. The van der Waals surface area contributed by atoms with Crippen LogP contribution in [0.25, 0.3) is 10.9 Å². The fourth-order valence-electron chi connectivity index (χ4n) is 4.23. The van der Waals surface area contributed by atoms with Crippen LogP contribution in [0.5, 0.6) is 0 Å². The van der Waals surface area contributed by atoms with Gasteiger partial charge in [0.15, 0.2) is 0 Å². The van der Waals surface area contributed by atoms with Crippen LogP contribution in [0.4, 0.5) is 5.69 Å². The van der Waals surface area contributed by atoms with Gasteiger partial charge in [-0.25, -0.2) is 0 Å². The molecule has 0 unspecified atom stereocenters. The van der Waals surface area contributed by atoms with Crippen LogP contribution in [-0.2, 0) is 0 Å². The number of fused-ring (bicyclic) bond motifs is 1. The summed E-state index contributed by atoms with van der Waals surface area (Å²) in [4.78, 5) is 22.2. The lowest BCUT2D eigenvalue weighted by atomic mass is 10.0. The zero-order valence-corrected chi connectivity index (χ0v) is 16.9. The molecule has 28 heavy (non-hydrogen) atoms. The topological polar surface area (TPSA) is 36.4 Å². The summed E-state index contributed by atoms with van der Waals surface area (Å²) in [5, 5.41) is 0.944. The van der Waals surface area contributed by atoms with Crippen molar-refractivity contribution in [2.45, 2.75) is 20.3 Å². The van der Waals surface area contributed by atoms with E-state index in [1.54, 1.807) is 0 Å². The summed E-state index contributed by atoms with van der Waals surface area (Å²) in [6, 6.07) is 18.5. The number of para-hydroxylation sites is 2. The molecule has 0 radical (unpaired) electrons. The van der Waals surface area contributed by atoms with Gasteiger partial charge in [-0.1, -0.05) is 36.4 Å². The van der Waals surface area contributed by atoms with Crippen molar-refractivity contribution in [3.63, 3.8) is 0 Å². The standard InChI is InChI=1S/C24H27N3O/c1-17-8-7-11-21-22(14-18(2)25-23(17)21)24(28)26(3)15-19-12-13-27(16-19)20-9-5-4-6-10-20/h4-11,14,19H,12-13,15-16H2,1-3H3/t19-/m1/s1. The van der Waals surface area contributed by atoms with E-state index in [4.69, 9.17) is 0 Å². The van der Waals surface area contributed by atoms with Crippen molar-refractivity contribution >= 4 is 22.5 Å². The summed E-state index contributed by atoms with van der Waals surface area (Å²) in [5.41, 5.74) is 4.94. The maximum absolute atomic E-state index is 13.2. The quantitative estimate of drug-likeness (QED) is 0.678. The summed E-state index contributed by atoms with van der Waals surface area (Å²) in [6.45, 7) is 6.82. The van der Waals surface area contributed by atoms with Crippen LogP contribution in [-0.4, -0.2) is 42.5 Å². The Morgan fingerprint density at radius 3 is 2.71 bits per heavy atom. The lowest BCUT2D eigenvalue weighted by Crippen LogP contribution is -2.33. The zero-order chi connectivity index (χ0) is 19.7. The van der Waals surface area contributed by atoms with Crippen molar-refractivity contribution in [1.29, 1.82) is 0 Å².